The molecule has 1 aromatic rings. The van der Waals surface area contributed by atoms with Crippen LogP contribution < -0.4 is 15.4 Å². The molecule has 9 heteroatoms. The number of sulfone groups is 1. The quantitative estimate of drug-likeness (QED) is 0.808. The molecule has 1 heterocycles. The van der Waals surface area contributed by atoms with Gasteiger partial charge in [-0.2, -0.15) is 0 Å². The number of carbonyl (C=O) groups excluding carboxylic acids is 2. The zero-order valence-corrected chi connectivity index (χ0v) is 15.1. The highest BCUT2D eigenvalue weighted by atomic mass is 35.5. The molecule has 1 aliphatic carbocycles. The molecular formula is C16H19ClN2O5S. The van der Waals surface area contributed by atoms with Crippen LogP contribution in [0.25, 0.3) is 0 Å². The Kier molecular flexibility index (Phi) is 5.19. The maximum absolute atomic E-state index is 12.2. The number of fused-ring (bicyclic) bond motifs is 1. The summed E-state index contributed by atoms with van der Waals surface area (Å²) in [4.78, 5) is 23.4. The van der Waals surface area contributed by atoms with Gasteiger partial charge in [0.25, 0.3) is 5.91 Å². The van der Waals surface area contributed by atoms with Crippen LogP contribution >= 0.6 is 11.6 Å². The lowest BCUT2D eigenvalue weighted by atomic mass is 10.2. The zero-order valence-electron chi connectivity index (χ0n) is 13.5. The van der Waals surface area contributed by atoms with Gasteiger partial charge in [0.15, 0.2) is 16.4 Å². The van der Waals surface area contributed by atoms with Gasteiger partial charge in [0.2, 0.25) is 5.91 Å². The second kappa shape index (κ2) is 7.21. The van der Waals surface area contributed by atoms with Crippen LogP contribution in [0.1, 0.15) is 32.1 Å². The summed E-state index contributed by atoms with van der Waals surface area (Å²) in [5.41, 5.74) is 0.753. The van der Waals surface area contributed by atoms with Crippen molar-refractivity contribution in [2.75, 3.05) is 23.0 Å². The minimum Gasteiger partial charge on any atom is -0.482 e. The lowest BCUT2D eigenvalue weighted by molar-refractivity contribution is -0.118. The van der Waals surface area contributed by atoms with Crippen LogP contribution in [0.3, 0.4) is 0 Å². The van der Waals surface area contributed by atoms with E-state index in [0.29, 0.717) is 30.0 Å². The molecule has 7 nitrogen and oxygen atoms in total. The highest BCUT2D eigenvalue weighted by Gasteiger charge is 2.29. The van der Waals surface area contributed by atoms with Gasteiger partial charge in [0.1, 0.15) is 5.75 Å². The predicted octanol–water partition coefficient (Wildman–Crippen LogP) is 2.36. The molecule has 136 valence electrons. The highest BCUT2D eigenvalue weighted by molar-refractivity contribution is 7.92. The first-order valence-electron chi connectivity index (χ1n) is 8.13. The van der Waals surface area contributed by atoms with Gasteiger partial charge in [0.05, 0.1) is 27.4 Å². The Morgan fingerprint density at radius 2 is 2.04 bits per heavy atom. The molecule has 3 rings (SSSR count). The van der Waals surface area contributed by atoms with Gasteiger partial charge < -0.3 is 15.4 Å². The van der Waals surface area contributed by atoms with E-state index in [0.717, 1.165) is 12.8 Å². The minimum atomic E-state index is -3.24. The zero-order chi connectivity index (χ0) is 18.0. The highest BCUT2D eigenvalue weighted by Crippen LogP contribution is 2.36. The first kappa shape index (κ1) is 18.0. The van der Waals surface area contributed by atoms with Gasteiger partial charge in [-0.05, 0) is 18.9 Å². The van der Waals surface area contributed by atoms with Gasteiger partial charge >= 0.3 is 0 Å². The van der Waals surface area contributed by atoms with Crippen LogP contribution in [-0.4, -0.2) is 37.8 Å². The molecule has 0 spiro atoms. The summed E-state index contributed by atoms with van der Waals surface area (Å²) in [6, 6.07) is 3.00. The first-order chi connectivity index (χ1) is 11.8. The maximum Gasteiger partial charge on any atom is 0.262 e. The average Bonchev–Trinajstić information content (AvgIpc) is 3.09. The van der Waals surface area contributed by atoms with E-state index in [4.69, 9.17) is 16.3 Å². The van der Waals surface area contributed by atoms with Gasteiger partial charge in [-0.25, -0.2) is 8.42 Å². The monoisotopic (exact) mass is 386 g/mol. The van der Waals surface area contributed by atoms with Crippen LogP contribution in [0.15, 0.2) is 12.1 Å². The summed E-state index contributed by atoms with van der Waals surface area (Å²) >= 11 is 6.11. The number of anilines is 2. The lowest BCUT2D eigenvalue weighted by Crippen LogP contribution is -2.26. The third-order valence-electron chi connectivity index (χ3n) is 4.40. The van der Waals surface area contributed by atoms with E-state index < -0.39 is 15.7 Å². The van der Waals surface area contributed by atoms with Crippen LogP contribution in [0.2, 0.25) is 5.02 Å². The van der Waals surface area contributed by atoms with Crippen LogP contribution in [-0.2, 0) is 19.4 Å². The minimum absolute atomic E-state index is 0.109. The Bertz CT molecular complexity index is 803. The molecule has 0 bridgehead atoms. The third kappa shape index (κ3) is 4.24. The topological polar surface area (TPSA) is 102 Å². The molecule has 2 aliphatic rings. The van der Waals surface area contributed by atoms with Crippen molar-refractivity contribution < 1.29 is 22.7 Å². The summed E-state index contributed by atoms with van der Waals surface area (Å²) in [7, 11) is -3.24. The molecule has 1 aliphatic heterocycles. The summed E-state index contributed by atoms with van der Waals surface area (Å²) in [5, 5.41) is 5.14. The molecule has 1 aromatic carbocycles. The molecule has 0 radical (unpaired) electrons. The number of benzene rings is 1. The molecule has 2 amide bonds. The Morgan fingerprint density at radius 1 is 1.32 bits per heavy atom. The van der Waals surface area contributed by atoms with E-state index in [1.165, 1.54) is 12.1 Å². The fourth-order valence-electron chi connectivity index (χ4n) is 3.06. The fourth-order valence-corrected chi connectivity index (χ4v) is 5.12. The molecule has 0 aromatic heterocycles. The van der Waals surface area contributed by atoms with Crippen molar-refractivity contribution in [2.45, 2.75) is 37.4 Å². The molecule has 2 N–H and O–H groups in total. The molecule has 0 saturated heterocycles. The average molecular weight is 387 g/mol. The number of nitrogens with one attached hydrogen (secondary N) is 2. The number of hydrogen-bond acceptors (Lipinski definition) is 5. The Labute approximate surface area is 151 Å². The van der Waals surface area contributed by atoms with E-state index in [-0.39, 0.29) is 35.0 Å². The number of carbonyl (C=O) groups is 2. The van der Waals surface area contributed by atoms with E-state index in [2.05, 4.69) is 10.6 Å². The van der Waals surface area contributed by atoms with Gasteiger partial charge in [0, 0.05) is 12.5 Å². The number of halogens is 1. The molecule has 25 heavy (non-hydrogen) atoms. The van der Waals surface area contributed by atoms with Gasteiger partial charge in [-0.3, -0.25) is 9.59 Å². The van der Waals surface area contributed by atoms with E-state index >= 15 is 0 Å². The fraction of sp³-hybridized carbons (Fsp3) is 0.500. The van der Waals surface area contributed by atoms with Crippen LogP contribution in [0.4, 0.5) is 11.4 Å². The first-order valence-corrected chi connectivity index (χ1v) is 10.2. The van der Waals surface area contributed by atoms with Gasteiger partial charge in [-0.15, -0.1) is 0 Å². The molecular weight excluding hydrogens is 368 g/mol. The normalized spacial score (nSPS) is 17.6. The predicted molar refractivity (Wildman–Crippen MR) is 94.9 cm³/mol. The second-order valence-electron chi connectivity index (χ2n) is 6.24. The van der Waals surface area contributed by atoms with Crippen LogP contribution in [0.5, 0.6) is 5.75 Å². The van der Waals surface area contributed by atoms with Crippen molar-refractivity contribution >= 4 is 44.6 Å². The maximum atomic E-state index is 12.2. The summed E-state index contributed by atoms with van der Waals surface area (Å²) in [6.45, 7) is -0.109. The molecule has 0 atom stereocenters. The number of rotatable bonds is 5. The van der Waals surface area contributed by atoms with Crippen molar-refractivity contribution in [3.8, 4) is 5.75 Å². The molecule has 1 saturated carbocycles. The van der Waals surface area contributed by atoms with Crippen molar-refractivity contribution in [3.05, 3.63) is 17.2 Å². The number of hydrogen-bond donors (Lipinski definition) is 2. The largest absolute Gasteiger partial charge is 0.482 e. The third-order valence-corrected chi connectivity index (χ3v) is 6.97. The van der Waals surface area contributed by atoms with Crippen molar-refractivity contribution in [3.63, 3.8) is 0 Å². The van der Waals surface area contributed by atoms with Crippen LogP contribution in [0, 0.1) is 0 Å². The Balaban J connectivity index is 1.62. The standard InChI is InChI=1S/C16H19ClN2O5S/c17-11-7-13-14(24-9-16(21)19-13)8-12(11)18-15(20)5-6-25(22,23)10-3-1-2-4-10/h7-8,10H,1-6,9H2,(H,18,20)(H,19,21). The van der Waals surface area contributed by atoms with Crippen molar-refractivity contribution in [1.29, 1.82) is 0 Å². The molecule has 0 unspecified atom stereocenters. The van der Waals surface area contributed by atoms with E-state index in [9.17, 15) is 18.0 Å². The number of ether oxygens (including phenoxy) is 1. The van der Waals surface area contributed by atoms with E-state index in [1.807, 2.05) is 0 Å². The van der Waals surface area contributed by atoms with Crippen molar-refractivity contribution in [2.24, 2.45) is 0 Å². The van der Waals surface area contributed by atoms with Gasteiger partial charge in [-0.1, -0.05) is 24.4 Å². The van der Waals surface area contributed by atoms with Crippen molar-refractivity contribution in [1.82, 2.24) is 0 Å². The Hall–Kier alpha value is -1.80. The SMILES string of the molecule is O=C(CCS(=O)(=O)C1CCCC1)Nc1cc2c(cc1Cl)NC(=O)CO2. The lowest BCUT2D eigenvalue weighted by Gasteiger charge is -2.19. The number of amides is 2. The second-order valence-corrected chi connectivity index (χ2v) is 9.04. The van der Waals surface area contributed by atoms with E-state index in [1.54, 1.807) is 0 Å². The molecule has 1 fully saturated rings. The summed E-state index contributed by atoms with van der Waals surface area (Å²) < 4.78 is 29.7. The summed E-state index contributed by atoms with van der Waals surface area (Å²) in [5.74, 6) is -0.475. The smallest absolute Gasteiger partial charge is 0.262 e. The summed E-state index contributed by atoms with van der Waals surface area (Å²) in [6.07, 6.45) is 3.10. The Morgan fingerprint density at radius 3 is 2.76 bits per heavy atom.